The number of rotatable bonds is 3. The monoisotopic (exact) mass is 310 g/mol. The van der Waals surface area contributed by atoms with Crippen molar-refractivity contribution >= 4 is 56.7 Å². The van der Waals surface area contributed by atoms with Crippen LogP contribution in [0.25, 0.3) is 0 Å². The molecule has 0 amide bonds. The number of carbonyl (C=O) groups excluding carboxylic acids is 1. The zero-order valence-electron chi connectivity index (χ0n) is 7.19. The highest BCUT2D eigenvalue weighted by Crippen LogP contribution is 2.39. The normalized spacial score (nSPS) is 16.5. The SMILES string of the molecule is CCOC(=O)C(Br)C(C)C(Cl)(Cl)Cl. The molecule has 2 atom stereocenters. The van der Waals surface area contributed by atoms with Crippen molar-refractivity contribution in [1.29, 1.82) is 0 Å². The van der Waals surface area contributed by atoms with Crippen LogP contribution in [0.3, 0.4) is 0 Å². The van der Waals surface area contributed by atoms with Gasteiger partial charge in [0.2, 0.25) is 0 Å². The van der Waals surface area contributed by atoms with E-state index in [0.717, 1.165) is 0 Å². The third kappa shape index (κ3) is 4.73. The summed E-state index contributed by atoms with van der Waals surface area (Å²) in [6, 6.07) is 0. The number of halogens is 4. The van der Waals surface area contributed by atoms with Gasteiger partial charge in [-0.25, -0.2) is 0 Å². The van der Waals surface area contributed by atoms with Gasteiger partial charge in [0.05, 0.1) is 6.61 Å². The van der Waals surface area contributed by atoms with Gasteiger partial charge in [-0.15, -0.1) is 0 Å². The standard InChI is InChI=1S/C7H10BrCl3O2/c1-3-13-6(12)5(8)4(2)7(9,10)11/h4-5H,3H2,1-2H3. The van der Waals surface area contributed by atoms with Crippen molar-refractivity contribution in [3.63, 3.8) is 0 Å². The summed E-state index contributed by atoms with van der Waals surface area (Å²) < 4.78 is 3.29. The van der Waals surface area contributed by atoms with Gasteiger partial charge in [0.15, 0.2) is 3.79 Å². The van der Waals surface area contributed by atoms with Crippen LogP contribution in [0.2, 0.25) is 0 Å². The molecule has 0 aromatic rings. The highest BCUT2D eigenvalue weighted by atomic mass is 79.9. The minimum atomic E-state index is -1.47. The molecule has 0 radical (unpaired) electrons. The summed E-state index contributed by atoms with van der Waals surface area (Å²) in [6.45, 7) is 3.69. The minimum Gasteiger partial charge on any atom is -0.465 e. The topological polar surface area (TPSA) is 26.3 Å². The van der Waals surface area contributed by atoms with Crippen molar-refractivity contribution in [2.75, 3.05) is 6.61 Å². The summed E-state index contributed by atoms with van der Waals surface area (Å²) in [7, 11) is 0. The van der Waals surface area contributed by atoms with Gasteiger partial charge in [-0.3, -0.25) is 4.79 Å². The van der Waals surface area contributed by atoms with Crippen LogP contribution in [0.15, 0.2) is 0 Å². The summed E-state index contributed by atoms with van der Waals surface area (Å²) in [4.78, 5) is 10.6. The van der Waals surface area contributed by atoms with Crippen LogP contribution < -0.4 is 0 Å². The molecular weight excluding hydrogens is 302 g/mol. The maximum absolute atomic E-state index is 11.2. The quantitative estimate of drug-likeness (QED) is 0.590. The summed E-state index contributed by atoms with van der Waals surface area (Å²) in [5.74, 6) is -0.863. The molecule has 0 bridgehead atoms. The molecule has 0 heterocycles. The lowest BCUT2D eigenvalue weighted by molar-refractivity contribution is -0.143. The number of ether oxygens (including phenoxy) is 1. The predicted octanol–water partition coefficient (Wildman–Crippen LogP) is 3.32. The lowest BCUT2D eigenvalue weighted by Gasteiger charge is -2.23. The van der Waals surface area contributed by atoms with Gasteiger partial charge in [-0.2, -0.15) is 0 Å². The Hall–Kier alpha value is 0.820. The van der Waals surface area contributed by atoms with Crippen LogP contribution in [0, 0.1) is 5.92 Å². The van der Waals surface area contributed by atoms with E-state index in [1.807, 2.05) is 0 Å². The van der Waals surface area contributed by atoms with Crippen LogP contribution in [-0.4, -0.2) is 21.2 Å². The van der Waals surface area contributed by atoms with Crippen LogP contribution in [0.5, 0.6) is 0 Å². The van der Waals surface area contributed by atoms with E-state index in [2.05, 4.69) is 15.9 Å². The van der Waals surface area contributed by atoms with Crippen molar-refractivity contribution in [2.24, 2.45) is 5.92 Å². The van der Waals surface area contributed by atoms with E-state index in [-0.39, 0.29) is 0 Å². The highest BCUT2D eigenvalue weighted by molar-refractivity contribution is 9.10. The maximum Gasteiger partial charge on any atom is 0.320 e. The molecule has 13 heavy (non-hydrogen) atoms. The van der Waals surface area contributed by atoms with Crippen molar-refractivity contribution in [1.82, 2.24) is 0 Å². The molecule has 2 unspecified atom stereocenters. The Morgan fingerprint density at radius 2 is 2.00 bits per heavy atom. The molecule has 0 aliphatic carbocycles. The molecular formula is C7H10BrCl3O2. The smallest absolute Gasteiger partial charge is 0.320 e. The minimum absolute atomic E-state index is 0.313. The summed E-state index contributed by atoms with van der Waals surface area (Å²) in [6.07, 6.45) is 0. The van der Waals surface area contributed by atoms with E-state index in [0.29, 0.717) is 6.61 Å². The molecule has 0 spiro atoms. The lowest BCUT2D eigenvalue weighted by atomic mass is 10.1. The molecule has 0 saturated heterocycles. The molecule has 2 nitrogen and oxygen atoms in total. The summed E-state index contributed by atoms with van der Waals surface area (Å²) >= 11 is 20.0. The number of carbonyl (C=O) groups is 1. The van der Waals surface area contributed by atoms with E-state index in [9.17, 15) is 4.79 Å². The average Bonchev–Trinajstić information content (AvgIpc) is 2.00. The molecule has 0 aromatic heterocycles. The second kappa shape index (κ2) is 5.64. The van der Waals surface area contributed by atoms with E-state index < -0.39 is 20.5 Å². The van der Waals surface area contributed by atoms with Crippen molar-refractivity contribution < 1.29 is 9.53 Å². The predicted molar refractivity (Wildman–Crippen MR) is 58.8 cm³/mol. The highest BCUT2D eigenvalue weighted by Gasteiger charge is 2.37. The number of hydrogen-bond acceptors (Lipinski definition) is 2. The molecule has 0 rings (SSSR count). The average molecular weight is 312 g/mol. The van der Waals surface area contributed by atoms with Gasteiger partial charge in [0.1, 0.15) is 4.83 Å². The van der Waals surface area contributed by atoms with Crippen LogP contribution in [-0.2, 0) is 9.53 Å². The number of esters is 1. The first kappa shape index (κ1) is 13.8. The summed E-state index contributed by atoms with van der Waals surface area (Å²) in [5, 5.41) is 0. The number of hydrogen-bond donors (Lipinski definition) is 0. The van der Waals surface area contributed by atoms with Crippen molar-refractivity contribution in [3.05, 3.63) is 0 Å². The third-order valence-corrected chi connectivity index (χ3v) is 3.67. The van der Waals surface area contributed by atoms with Crippen LogP contribution in [0.1, 0.15) is 13.8 Å². The van der Waals surface area contributed by atoms with E-state index in [4.69, 9.17) is 39.5 Å². The van der Waals surface area contributed by atoms with Gasteiger partial charge in [-0.05, 0) is 6.92 Å². The Labute approximate surface area is 101 Å². The molecule has 0 N–H and O–H groups in total. The Morgan fingerprint density at radius 3 is 2.31 bits per heavy atom. The fourth-order valence-electron chi connectivity index (χ4n) is 0.592. The van der Waals surface area contributed by atoms with E-state index in [1.165, 1.54) is 0 Å². The Kier molecular flexibility index (Phi) is 6.00. The molecule has 0 fully saturated rings. The molecule has 0 aliphatic heterocycles. The number of alkyl halides is 4. The second-order valence-corrected chi connectivity index (χ2v) is 5.84. The molecule has 6 heteroatoms. The molecule has 78 valence electrons. The second-order valence-electron chi connectivity index (χ2n) is 2.48. The van der Waals surface area contributed by atoms with Crippen molar-refractivity contribution in [2.45, 2.75) is 22.5 Å². The zero-order chi connectivity index (χ0) is 10.6. The third-order valence-electron chi connectivity index (χ3n) is 1.47. The fraction of sp³-hybridized carbons (Fsp3) is 0.857. The Morgan fingerprint density at radius 1 is 1.54 bits per heavy atom. The van der Waals surface area contributed by atoms with Gasteiger partial charge < -0.3 is 4.74 Å². The van der Waals surface area contributed by atoms with Crippen LogP contribution >= 0.6 is 50.7 Å². The maximum atomic E-state index is 11.2. The van der Waals surface area contributed by atoms with Gasteiger partial charge >= 0.3 is 5.97 Å². The fourth-order valence-corrected chi connectivity index (χ4v) is 1.96. The molecule has 0 aliphatic rings. The van der Waals surface area contributed by atoms with Gasteiger partial charge in [-0.1, -0.05) is 57.7 Å². The Balaban J connectivity index is 4.25. The first-order chi connectivity index (χ1) is 5.80. The first-order valence-electron chi connectivity index (χ1n) is 3.68. The van der Waals surface area contributed by atoms with E-state index in [1.54, 1.807) is 13.8 Å². The zero-order valence-corrected chi connectivity index (χ0v) is 11.0. The molecule has 0 aromatic carbocycles. The first-order valence-corrected chi connectivity index (χ1v) is 5.73. The molecule has 0 saturated carbocycles. The van der Waals surface area contributed by atoms with Gasteiger partial charge in [0.25, 0.3) is 0 Å². The van der Waals surface area contributed by atoms with E-state index >= 15 is 0 Å². The van der Waals surface area contributed by atoms with Crippen molar-refractivity contribution in [3.8, 4) is 0 Å². The van der Waals surface area contributed by atoms with Crippen LogP contribution in [0.4, 0.5) is 0 Å². The Bertz CT molecular complexity index is 181. The largest absolute Gasteiger partial charge is 0.465 e. The lowest BCUT2D eigenvalue weighted by Crippen LogP contribution is -2.32. The van der Waals surface area contributed by atoms with Gasteiger partial charge in [0, 0.05) is 5.92 Å². The summed E-state index contributed by atoms with van der Waals surface area (Å²) in [5.41, 5.74) is 0.